The molecule has 4 rings (SSSR count). The molecule has 2 amide bonds. The van der Waals surface area contributed by atoms with Crippen molar-refractivity contribution in [3.63, 3.8) is 0 Å². The van der Waals surface area contributed by atoms with Gasteiger partial charge in [0, 0.05) is 45.5 Å². The summed E-state index contributed by atoms with van der Waals surface area (Å²) in [6.45, 7) is 6.99. The van der Waals surface area contributed by atoms with E-state index in [1.165, 1.54) is 19.3 Å². The lowest BCUT2D eigenvalue weighted by Gasteiger charge is -2.31. The fourth-order valence-corrected chi connectivity index (χ4v) is 4.44. The number of esters is 1. The van der Waals surface area contributed by atoms with Crippen LogP contribution in [0.25, 0.3) is 0 Å². The van der Waals surface area contributed by atoms with Crippen molar-refractivity contribution in [2.24, 2.45) is 0 Å². The summed E-state index contributed by atoms with van der Waals surface area (Å²) in [4.78, 5) is 35.8. The molecule has 3 heterocycles. The Balaban J connectivity index is 1.36. The summed E-state index contributed by atoms with van der Waals surface area (Å²) < 4.78 is 5.02. The number of ether oxygens (including phenoxy) is 1. The molecular formula is C25H33N5O3. The van der Waals surface area contributed by atoms with Crippen LogP contribution >= 0.6 is 0 Å². The van der Waals surface area contributed by atoms with Gasteiger partial charge in [-0.1, -0.05) is 12.1 Å². The molecule has 1 N–H and O–H groups in total. The first-order valence-electron chi connectivity index (χ1n) is 11.9. The molecule has 0 aliphatic carbocycles. The molecule has 8 nitrogen and oxygen atoms in total. The summed E-state index contributed by atoms with van der Waals surface area (Å²) in [5.74, 6) is 0.445. The average Bonchev–Trinajstić information content (AvgIpc) is 3.12. The Bertz CT molecular complexity index is 943. The maximum absolute atomic E-state index is 13.1. The fourth-order valence-electron chi connectivity index (χ4n) is 4.44. The number of urea groups is 1. The molecule has 0 saturated carbocycles. The van der Waals surface area contributed by atoms with Crippen LogP contribution in [0.15, 0.2) is 42.6 Å². The molecule has 2 aliphatic rings. The van der Waals surface area contributed by atoms with E-state index in [-0.39, 0.29) is 12.0 Å². The molecule has 0 spiro atoms. The normalized spacial score (nSPS) is 16.8. The van der Waals surface area contributed by atoms with Crippen molar-refractivity contribution in [2.75, 3.05) is 61.0 Å². The Labute approximate surface area is 195 Å². The first kappa shape index (κ1) is 22.9. The van der Waals surface area contributed by atoms with Crippen molar-refractivity contribution < 1.29 is 14.3 Å². The van der Waals surface area contributed by atoms with E-state index in [9.17, 15) is 9.59 Å². The molecule has 176 valence electrons. The van der Waals surface area contributed by atoms with Gasteiger partial charge in [0.05, 0.1) is 23.5 Å². The topological polar surface area (TPSA) is 78.0 Å². The molecule has 0 atom stereocenters. The van der Waals surface area contributed by atoms with Crippen LogP contribution in [-0.4, -0.2) is 67.8 Å². The molecular weight excluding hydrogens is 418 g/mol. The predicted molar refractivity (Wildman–Crippen MR) is 130 cm³/mol. The highest BCUT2D eigenvalue weighted by atomic mass is 16.5. The molecule has 33 heavy (non-hydrogen) atoms. The van der Waals surface area contributed by atoms with E-state index in [0.717, 1.165) is 43.2 Å². The van der Waals surface area contributed by atoms with Crippen molar-refractivity contribution in [3.8, 4) is 0 Å². The van der Waals surface area contributed by atoms with E-state index in [1.807, 2.05) is 29.2 Å². The van der Waals surface area contributed by atoms with Crippen molar-refractivity contribution >= 4 is 29.2 Å². The van der Waals surface area contributed by atoms with Gasteiger partial charge in [0.25, 0.3) is 0 Å². The Morgan fingerprint density at radius 2 is 1.70 bits per heavy atom. The number of benzene rings is 1. The molecule has 2 fully saturated rings. The predicted octanol–water partition coefficient (Wildman–Crippen LogP) is 3.99. The van der Waals surface area contributed by atoms with Gasteiger partial charge in [-0.15, -0.1) is 0 Å². The monoisotopic (exact) mass is 451 g/mol. The lowest BCUT2D eigenvalue weighted by atomic mass is 10.1. The number of nitrogens with one attached hydrogen (secondary N) is 1. The largest absolute Gasteiger partial charge is 0.462 e. The molecule has 0 radical (unpaired) electrons. The van der Waals surface area contributed by atoms with Gasteiger partial charge in [-0.25, -0.2) is 14.6 Å². The standard InChI is InChI=1S/C25H33N5O3/c1-2-33-24(31)20-11-12-23(26-19-20)29-15-8-16-30(18-17-29)25(32)27-21-9-4-5-10-22(21)28-13-6-3-7-14-28/h4-5,9-12,19H,2-3,6-8,13-18H2,1H3,(H,27,32). The zero-order valence-electron chi connectivity index (χ0n) is 19.3. The zero-order chi connectivity index (χ0) is 23.0. The number of anilines is 3. The van der Waals surface area contributed by atoms with E-state index in [1.54, 1.807) is 19.2 Å². The molecule has 2 aliphatic heterocycles. The van der Waals surface area contributed by atoms with E-state index < -0.39 is 0 Å². The number of para-hydroxylation sites is 2. The first-order chi connectivity index (χ1) is 16.2. The van der Waals surface area contributed by atoms with Crippen molar-refractivity contribution in [3.05, 3.63) is 48.2 Å². The quantitative estimate of drug-likeness (QED) is 0.693. The number of aromatic nitrogens is 1. The highest BCUT2D eigenvalue weighted by Gasteiger charge is 2.22. The van der Waals surface area contributed by atoms with Gasteiger partial charge in [0.2, 0.25) is 0 Å². The second-order valence-corrected chi connectivity index (χ2v) is 8.45. The van der Waals surface area contributed by atoms with Crippen LogP contribution < -0.4 is 15.1 Å². The van der Waals surface area contributed by atoms with E-state index in [2.05, 4.69) is 26.2 Å². The maximum atomic E-state index is 13.1. The van der Waals surface area contributed by atoms with E-state index >= 15 is 0 Å². The summed E-state index contributed by atoms with van der Waals surface area (Å²) in [5.41, 5.74) is 2.43. The molecule has 2 aromatic rings. The zero-order valence-corrected chi connectivity index (χ0v) is 19.3. The van der Waals surface area contributed by atoms with Gasteiger partial charge in [0.15, 0.2) is 0 Å². The Hall–Kier alpha value is -3.29. The van der Waals surface area contributed by atoms with Gasteiger partial charge in [-0.05, 0) is 56.9 Å². The number of amides is 2. The lowest BCUT2D eigenvalue weighted by molar-refractivity contribution is 0.0526. The Morgan fingerprint density at radius 3 is 2.45 bits per heavy atom. The number of nitrogens with zero attached hydrogens (tertiary/aromatic N) is 4. The highest BCUT2D eigenvalue weighted by Crippen LogP contribution is 2.28. The second kappa shape index (κ2) is 11.0. The summed E-state index contributed by atoms with van der Waals surface area (Å²) >= 11 is 0. The summed E-state index contributed by atoms with van der Waals surface area (Å²) in [6.07, 6.45) is 6.07. The number of pyridine rings is 1. The number of carbonyl (C=O) groups excluding carboxylic acids is 2. The lowest BCUT2D eigenvalue weighted by Crippen LogP contribution is -2.38. The van der Waals surface area contributed by atoms with Gasteiger partial charge >= 0.3 is 12.0 Å². The number of rotatable bonds is 5. The van der Waals surface area contributed by atoms with Crippen LogP contribution in [-0.2, 0) is 4.74 Å². The number of piperidine rings is 1. The van der Waals surface area contributed by atoms with Gasteiger partial charge < -0.3 is 24.8 Å². The van der Waals surface area contributed by atoms with Gasteiger partial charge in [-0.2, -0.15) is 0 Å². The van der Waals surface area contributed by atoms with Crippen molar-refractivity contribution in [1.82, 2.24) is 9.88 Å². The van der Waals surface area contributed by atoms with Crippen LogP contribution in [0.3, 0.4) is 0 Å². The van der Waals surface area contributed by atoms with E-state index in [4.69, 9.17) is 4.74 Å². The molecule has 2 saturated heterocycles. The SMILES string of the molecule is CCOC(=O)c1ccc(N2CCCN(C(=O)Nc3ccccc3N3CCCCC3)CC2)nc1. The molecule has 8 heteroatoms. The van der Waals surface area contributed by atoms with Crippen LogP contribution in [0.5, 0.6) is 0 Å². The van der Waals surface area contributed by atoms with Crippen molar-refractivity contribution in [2.45, 2.75) is 32.6 Å². The third-order valence-electron chi connectivity index (χ3n) is 6.21. The van der Waals surface area contributed by atoms with Crippen LogP contribution in [0.2, 0.25) is 0 Å². The number of hydrogen-bond donors (Lipinski definition) is 1. The third kappa shape index (κ3) is 5.74. The Morgan fingerprint density at radius 1 is 0.909 bits per heavy atom. The summed E-state index contributed by atoms with van der Waals surface area (Å²) in [5, 5.41) is 3.15. The van der Waals surface area contributed by atoms with E-state index in [0.29, 0.717) is 31.8 Å². The smallest absolute Gasteiger partial charge is 0.339 e. The van der Waals surface area contributed by atoms with Gasteiger partial charge in [0.1, 0.15) is 5.82 Å². The molecule has 1 aromatic heterocycles. The van der Waals surface area contributed by atoms with Crippen LogP contribution in [0.4, 0.5) is 22.0 Å². The van der Waals surface area contributed by atoms with Crippen LogP contribution in [0, 0.1) is 0 Å². The summed E-state index contributed by atoms with van der Waals surface area (Å²) in [7, 11) is 0. The van der Waals surface area contributed by atoms with Gasteiger partial charge in [-0.3, -0.25) is 0 Å². The average molecular weight is 452 g/mol. The minimum absolute atomic E-state index is 0.0630. The first-order valence-corrected chi connectivity index (χ1v) is 11.9. The van der Waals surface area contributed by atoms with Crippen molar-refractivity contribution in [1.29, 1.82) is 0 Å². The number of hydrogen-bond acceptors (Lipinski definition) is 6. The molecule has 1 aromatic carbocycles. The number of carbonyl (C=O) groups is 2. The third-order valence-corrected chi connectivity index (χ3v) is 6.21. The molecule has 0 bridgehead atoms. The van der Waals surface area contributed by atoms with Crippen LogP contribution in [0.1, 0.15) is 43.0 Å². The molecule has 0 unspecified atom stereocenters. The Kier molecular flexibility index (Phi) is 7.65. The summed E-state index contributed by atoms with van der Waals surface area (Å²) in [6, 6.07) is 11.6. The second-order valence-electron chi connectivity index (χ2n) is 8.45. The minimum Gasteiger partial charge on any atom is -0.462 e. The minimum atomic E-state index is -0.361. The highest BCUT2D eigenvalue weighted by molar-refractivity contribution is 5.93. The maximum Gasteiger partial charge on any atom is 0.339 e. The fraction of sp³-hybridized carbons (Fsp3) is 0.480.